The van der Waals surface area contributed by atoms with Gasteiger partial charge in [-0.1, -0.05) is 60.7 Å². The van der Waals surface area contributed by atoms with Gasteiger partial charge in [0, 0.05) is 24.7 Å². The molecule has 0 unspecified atom stereocenters. The lowest BCUT2D eigenvalue weighted by Gasteiger charge is -2.19. The highest BCUT2D eigenvalue weighted by Gasteiger charge is 2.22. The molecule has 0 aliphatic rings. The minimum atomic E-state index is -0.848. The van der Waals surface area contributed by atoms with Gasteiger partial charge in [-0.2, -0.15) is 0 Å². The maximum absolute atomic E-state index is 12.9. The van der Waals surface area contributed by atoms with Gasteiger partial charge < -0.3 is 20.7 Å². The molecule has 3 aromatic rings. The first-order chi connectivity index (χ1) is 15.5. The molecule has 0 saturated heterocycles. The van der Waals surface area contributed by atoms with Crippen LogP contribution < -0.4 is 16.0 Å². The molecule has 0 saturated carbocycles. The lowest BCUT2D eigenvalue weighted by Crippen LogP contribution is -2.45. The van der Waals surface area contributed by atoms with Gasteiger partial charge >= 0.3 is 6.09 Å². The Morgan fingerprint density at radius 1 is 0.812 bits per heavy atom. The molecule has 0 aliphatic heterocycles. The van der Waals surface area contributed by atoms with Gasteiger partial charge in [-0.3, -0.25) is 9.59 Å². The summed E-state index contributed by atoms with van der Waals surface area (Å²) in [5.74, 6) is -0.606. The lowest BCUT2D eigenvalue weighted by molar-refractivity contribution is -0.118. The Balaban J connectivity index is 1.66. The van der Waals surface area contributed by atoms with Crippen LogP contribution in [0.5, 0.6) is 0 Å². The molecule has 3 aromatic carbocycles. The van der Waals surface area contributed by atoms with Crippen molar-refractivity contribution in [1.82, 2.24) is 10.6 Å². The predicted molar refractivity (Wildman–Crippen MR) is 122 cm³/mol. The molecule has 0 fully saturated rings. The third kappa shape index (κ3) is 6.70. The number of amides is 3. The smallest absolute Gasteiger partial charge is 0.408 e. The maximum Gasteiger partial charge on any atom is 0.408 e. The Morgan fingerprint density at radius 2 is 1.41 bits per heavy atom. The summed E-state index contributed by atoms with van der Waals surface area (Å²) in [5, 5.41) is 7.99. The minimum absolute atomic E-state index is 0.104. The average Bonchev–Trinajstić information content (AvgIpc) is 2.83. The summed E-state index contributed by atoms with van der Waals surface area (Å²) in [5.41, 5.74) is 2.74. The zero-order valence-corrected chi connectivity index (χ0v) is 17.7. The molecule has 7 nitrogen and oxygen atoms in total. The Hall–Kier alpha value is -4.13. The molecule has 0 aliphatic carbocycles. The van der Waals surface area contributed by atoms with Crippen molar-refractivity contribution in [2.45, 2.75) is 19.1 Å². The van der Waals surface area contributed by atoms with Gasteiger partial charge in [0.25, 0.3) is 5.91 Å². The first-order valence-corrected chi connectivity index (χ1v) is 10.2. The number of nitrogens with one attached hydrogen (secondary N) is 3. The summed E-state index contributed by atoms with van der Waals surface area (Å²) < 4.78 is 5.28. The highest BCUT2D eigenvalue weighted by Crippen LogP contribution is 2.12. The highest BCUT2D eigenvalue weighted by molar-refractivity contribution is 5.98. The van der Waals surface area contributed by atoms with Crippen molar-refractivity contribution in [1.29, 1.82) is 0 Å². The second-order valence-electron chi connectivity index (χ2n) is 7.09. The molecule has 3 rings (SSSR count). The van der Waals surface area contributed by atoms with E-state index in [4.69, 9.17) is 4.74 Å². The fraction of sp³-hybridized carbons (Fsp3) is 0.160. The molecule has 0 spiro atoms. The van der Waals surface area contributed by atoms with Crippen LogP contribution in [0.15, 0.2) is 84.9 Å². The quantitative estimate of drug-likeness (QED) is 0.508. The summed E-state index contributed by atoms with van der Waals surface area (Å²) >= 11 is 0. The van der Waals surface area contributed by atoms with E-state index in [1.165, 1.54) is 0 Å². The van der Waals surface area contributed by atoms with Crippen LogP contribution in [0.1, 0.15) is 21.5 Å². The van der Waals surface area contributed by atoms with Crippen LogP contribution >= 0.6 is 0 Å². The van der Waals surface area contributed by atoms with Gasteiger partial charge in [0.2, 0.25) is 5.91 Å². The van der Waals surface area contributed by atoms with Gasteiger partial charge in [-0.15, -0.1) is 0 Å². The van der Waals surface area contributed by atoms with Crippen LogP contribution in [0.25, 0.3) is 0 Å². The Labute approximate surface area is 186 Å². The number of rotatable bonds is 8. The average molecular weight is 431 g/mol. The second kappa shape index (κ2) is 11.3. The van der Waals surface area contributed by atoms with Crippen molar-refractivity contribution in [3.8, 4) is 0 Å². The number of carbonyl (C=O) groups excluding carboxylic acids is 3. The molecule has 0 aromatic heterocycles. The summed E-state index contributed by atoms with van der Waals surface area (Å²) in [7, 11) is 1.55. The Morgan fingerprint density at radius 3 is 2.00 bits per heavy atom. The van der Waals surface area contributed by atoms with E-state index in [0.717, 1.165) is 11.1 Å². The summed E-state index contributed by atoms with van der Waals surface area (Å²) in [4.78, 5) is 37.0. The van der Waals surface area contributed by atoms with E-state index in [1.807, 2.05) is 60.7 Å². The standard InChI is InChI=1S/C25H25N3O4/c1-26-23(29)20-12-14-21(15-13-20)27-24(30)22(16-18-8-4-2-5-9-18)28-25(31)32-17-19-10-6-3-7-11-19/h2-15,22H,16-17H2,1H3,(H,26,29)(H,27,30)(H,28,31)/t22-/m0/s1. The molecule has 32 heavy (non-hydrogen) atoms. The predicted octanol–water partition coefficient (Wildman–Crippen LogP) is 3.52. The van der Waals surface area contributed by atoms with E-state index in [1.54, 1.807) is 31.3 Å². The van der Waals surface area contributed by atoms with Crippen molar-refractivity contribution < 1.29 is 19.1 Å². The van der Waals surface area contributed by atoms with Crippen molar-refractivity contribution in [2.24, 2.45) is 0 Å². The van der Waals surface area contributed by atoms with Crippen molar-refractivity contribution in [3.63, 3.8) is 0 Å². The van der Waals surface area contributed by atoms with Crippen LogP contribution in [0.3, 0.4) is 0 Å². The van der Waals surface area contributed by atoms with Crippen LogP contribution in [0.2, 0.25) is 0 Å². The van der Waals surface area contributed by atoms with Crippen LogP contribution in [0, 0.1) is 0 Å². The van der Waals surface area contributed by atoms with Gasteiger partial charge in [0.15, 0.2) is 0 Å². The lowest BCUT2D eigenvalue weighted by atomic mass is 10.1. The number of hydrogen-bond acceptors (Lipinski definition) is 4. The second-order valence-corrected chi connectivity index (χ2v) is 7.09. The Kier molecular flexibility index (Phi) is 7.97. The number of carbonyl (C=O) groups is 3. The van der Waals surface area contributed by atoms with E-state index in [2.05, 4.69) is 16.0 Å². The number of ether oxygens (including phenoxy) is 1. The van der Waals surface area contributed by atoms with Crippen LogP contribution in [-0.4, -0.2) is 31.0 Å². The number of alkyl carbamates (subject to hydrolysis) is 1. The molecule has 7 heteroatoms. The zero-order chi connectivity index (χ0) is 22.8. The van der Waals surface area contributed by atoms with Crippen LogP contribution in [0.4, 0.5) is 10.5 Å². The van der Waals surface area contributed by atoms with E-state index in [9.17, 15) is 14.4 Å². The topological polar surface area (TPSA) is 96.5 Å². The largest absolute Gasteiger partial charge is 0.445 e. The van der Waals surface area contributed by atoms with E-state index >= 15 is 0 Å². The van der Waals surface area contributed by atoms with E-state index in [0.29, 0.717) is 17.7 Å². The maximum atomic E-state index is 12.9. The molecule has 0 heterocycles. The summed E-state index contributed by atoms with van der Waals surface area (Å²) in [6.45, 7) is 0.104. The fourth-order valence-corrected chi connectivity index (χ4v) is 3.04. The highest BCUT2D eigenvalue weighted by atomic mass is 16.5. The minimum Gasteiger partial charge on any atom is -0.445 e. The molecule has 3 amide bonds. The monoisotopic (exact) mass is 431 g/mol. The number of hydrogen-bond donors (Lipinski definition) is 3. The molecular weight excluding hydrogens is 406 g/mol. The molecule has 0 bridgehead atoms. The third-order valence-electron chi connectivity index (χ3n) is 4.75. The molecule has 0 radical (unpaired) electrons. The first kappa shape index (κ1) is 22.6. The van der Waals surface area contributed by atoms with E-state index < -0.39 is 18.0 Å². The Bertz CT molecular complexity index is 1040. The summed E-state index contributed by atoms with van der Waals surface area (Å²) in [6, 6.07) is 24.3. The normalized spacial score (nSPS) is 11.2. The van der Waals surface area contributed by atoms with Gasteiger partial charge in [-0.05, 0) is 35.4 Å². The van der Waals surface area contributed by atoms with Crippen molar-refractivity contribution in [3.05, 3.63) is 102 Å². The third-order valence-corrected chi connectivity index (χ3v) is 4.75. The van der Waals surface area contributed by atoms with Crippen molar-refractivity contribution in [2.75, 3.05) is 12.4 Å². The van der Waals surface area contributed by atoms with E-state index in [-0.39, 0.29) is 12.5 Å². The molecule has 164 valence electrons. The molecule has 3 N–H and O–H groups in total. The van der Waals surface area contributed by atoms with Gasteiger partial charge in [0.1, 0.15) is 12.6 Å². The first-order valence-electron chi connectivity index (χ1n) is 10.2. The zero-order valence-electron chi connectivity index (χ0n) is 17.7. The summed E-state index contributed by atoms with van der Waals surface area (Å²) in [6.07, 6.45) is -0.386. The fourth-order valence-electron chi connectivity index (χ4n) is 3.04. The van der Waals surface area contributed by atoms with Gasteiger partial charge in [0.05, 0.1) is 0 Å². The molecule has 1 atom stereocenters. The molecular formula is C25H25N3O4. The van der Waals surface area contributed by atoms with Crippen molar-refractivity contribution >= 4 is 23.6 Å². The van der Waals surface area contributed by atoms with Crippen LogP contribution in [-0.2, 0) is 22.6 Å². The number of anilines is 1. The SMILES string of the molecule is CNC(=O)c1ccc(NC(=O)[C@H](Cc2ccccc2)NC(=O)OCc2ccccc2)cc1. The number of benzene rings is 3. The van der Waals surface area contributed by atoms with Gasteiger partial charge in [-0.25, -0.2) is 4.79 Å².